The molecular formula is C13H14N4O. The van der Waals surface area contributed by atoms with Crippen LogP contribution < -0.4 is 0 Å². The van der Waals surface area contributed by atoms with E-state index in [9.17, 15) is 5.11 Å². The van der Waals surface area contributed by atoms with Crippen molar-refractivity contribution in [2.75, 3.05) is 0 Å². The number of benzene rings is 1. The molecule has 2 aromatic heterocycles. The Balaban J connectivity index is 2.01. The molecule has 0 amide bonds. The van der Waals surface area contributed by atoms with Gasteiger partial charge in [0.05, 0.1) is 31.1 Å². The lowest BCUT2D eigenvalue weighted by Gasteiger charge is -2.02. The van der Waals surface area contributed by atoms with Gasteiger partial charge in [-0.05, 0) is 11.6 Å². The second kappa shape index (κ2) is 4.27. The first-order valence-electron chi connectivity index (χ1n) is 5.79. The largest absolute Gasteiger partial charge is 0.392 e. The van der Waals surface area contributed by atoms with Crippen LogP contribution in [0.5, 0.6) is 0 Å². The fraction of sp³-hybridized carbons (Fsp3) is 0.231. The number of aliphatic hydroxyl groups is 1. The number of rotatable bonds is 3. The summed E-state index contributed by atoms with van der Waals surface area (Å²) in [4.78, 5) is 0. The zero-order valence-electron chi connectivity index (χ0n) is 10.1. The molecule has 0 spiro atoms. The molecule has 1 N–H and O–H groups in total. The van der Waals surface area contributed by atoms with Crippen LogP contribution in [0, 0.1) is 0 Å². The first-order valence-corrected chi connectivity index (χ1v) is 5.79. The fourth-order valence-corrected chi connectivity index (χ4v) is 2.07. The minimum atomic E-state index is 0.0496. The summed E-state index contributed by atoms with van der Waals surface area (Å²) in [7, 11) is 1.90. The number of hydrogen-bond acceptors (Lipinski definition) is 3. The Morgan fingerprint density at radius 2 is 2.06 bits per heavy atom. The molecule has 5 heteroatoms. The van der Waals surface area contributed by atoms with Crippen LogP contribution in [0.3, 0.4) is 0 Å². The highest BCUT2D eigenvalue weighted by molar-refractivity contribution is 5.79. The lowest BCUT2D eigenvalue weighted by atomic mass is 10.2. The molecule has 0 saturated heterocycles. The van der Waals surface area contributed by atoms with E-state index in [2.05, 4.69) is 10.2 Å². The minimum Gasteiger partial charge on any atom is -0.392 e. The summed E-state index contributed by atoms with van der Waals surface area (Å²) in [5, 5.41) is 18.8. The smallest absolute Gasteiger partial charge is 0.0697 e. The summed E-state index contributed by atoms with van der Waals surface area (Å²) in [5.74, 6) is 0. The molecule has 0 bridgehead atoms. The average Bonchev–Trinajstić information content (AvgIpc) is 2.96. The predicted molar refractivity (Wildman–Crippen MR) is 68.0 cm³/mol. The summed E-state index contributed by atoms with van der Waals surface area (Å²) >= 11 is 0. The topological polar surface area (TPSA) is 55.9 Å². The zero-order valence-corrected chi connectivity index (χ0v) is 10.1. The van der Waals surface area contributed by atoms with Crippen molar-refractivity contribution >= 4 is 10.9 Å². The number of aryl methyl sites for hydroxylation is 1. The molecule has 0 aliphatic heterocycles. The Bertz CT molecular complexity index is 683. The Labute approximate surface area is 104 Å². The Morgan fingerprint density at radius 3 is 2.78 bits per heavy atom. The molecule has 5 nitrogen and oxygen atoms in total. The third-order valence-corrected chi connectivity index (χ3v) is 2.98. The summed E-state index contributed by atoms with van der Waals surface area (Å²) in [6, 6.07) is 5.87. The number of fused-ring (bicyclic) bond motifs is 1. The standard InChI is InChI=1S/C13H14N4O/c1-16-7-11(5-14-16)8-17-13-4-10(9-18)2-3-12(13)6-15-17/h2-7,18H,8-9H2,1H3. The van der Waals surface area contributed by atoms with Crippen molar-refractivity contribution in [3.05, 3.63) is 47.9 Å². The van der Waals surface area contributed by atoms with Gasteiger partial charge in [-0.3, -0.25) is 9.36 Å². The van der Waals surface area contributed by atoms with Gasteiger partial charge >= 0.3 is 0 Å². The summed E-state index contributed by atoms with van der Waals surface area (Å²) in [5.41, 5.74) is 3.04. The molecule has 0 radical (unpaired) electrons. The van der Waals surface area contributed by atoms with Crippen molar-refractivity contribution in [1.29, 1.82) is 0 Å². The average molecular weight is 242 g/mol. The van der Waals surface area contributed by atoms with E-state index in [0.717, 1.165) is 22.0 Å². The van der Waals surface area contributed by atoms with Gasteiger partial charge in [-0.2, -0.15) is 10.2 Å². The van der Waals surface area contributed by atoms with Crippen LogP contribution in [-0.2, 0) is 20.2 Å². The van der Waals surface area contributed by atoms with Crippen molar-refractivity contribution in [1.82, 2.24) is 19.6 Å². The van der Waals surface area contributed by atoms with Crippen molar-refractivity contribution in [3.63, 3.8) is 0 Å². The quantitative estimate of drug-likeness (QED) is 0.753. The molecule has 0 aliphatic carbocycles. The first kappa shape index (κ1) is 11.0. The Morgan fingerprint density at radius 1 is 1.17 bits per heavy atom. The van der Waals surface area contributed by atoms with Gasteiger partial charge < -0.3 is 5.11 Å². The maximum Gasteiger partial charge on any atom is 0.0697 e. The molecular weight excluding hydrogens is 228 g/mol. The van der Waals surface area contributed by atoms with Crippen molar-refractivity contribution in [3.8, 4) is 0 Å². The van der Waals surface area contributed by atoms with Crippen LogP contribution in [0.4, 0.5) is 0 Å². The third kappa shape index (κ3) is 1.89. The number of aliphatic hydroxyl groups excluding tert-OH is 1. The predicted octanol–water partition coefficient (Wildman–Crippen LogP) is 1.31. The van der Waals surface area contributed by atoms with Crippen molar-refractivity contribution < 1.29 is 5.11 Å². The van der Waals surface area contributed by atoms with E-state index in [0.29, 0.717) is 6.54 Å². The van der Waals surface area contributed by atoms with Gasteiger partial charge in [-0.15, -0.1) is 0 Å². The molecule has 3 rings (SSSR count). The molecule has 2 heterocycles. The van der Waals surface area contributed by atoms with Gasteiger partial charge in [-0.25, -0.2) is 0 Å². The molecule has 18 heavy (non-hydrogen) atoms. The Kier molecular flexibility index (Phi) is 2.60. The van der Waals surface area contributed by atoms with E-state index >= 15 is 0 Å². The minimum absolute atomic E-state index is 0.0496. The molecule has 0 aliphatic rings. The summed E-state index contributed by atoms with van der Waals surface area (Å²) < 4.78 is 3.70. The highest BCUT2D eigenvalue weighted by Crippen LogP contribution is 2.17. The van der Waals surface area contributed by atoms with Gasteiger partial charge in [0.15, 0.2) is 0 Å². The van der Waals surface area contributed by atoms with E-state index in [4.69, 9.17) is 0 Å². The van der Waals surface area contributed by atoms with Gasteiger partial charge in [0, 0.05) is 24.2 Å². The molecule has 92 valence electrons. The first-order chi connectivity index (χ1) is 8.76. The van der Waals surface area contributed by atoms with Gasteiger partial charge in [-0.1, -0.05) is 12.1 Å². The second-order valence-electron chi connectivity index (χ2n) is 4.38. The van der Waals surface area contributed by atoms with E-state index in [1.165, 1.54) is 0 Å². The van der Waals surface area contributed by atoms with Crippen LogP contribution in [-0.4, -0.2) is 24.7 Å². The molecule has 0 atom stereocenters. The van der Waals surface area contributed by atoms with E-state index in [1.54, 1.807) is 4.68 Å². The molecule has 1 aromatic carbocycles. The van der Waals surface area contributed by atoms with Crippen LogP contribution in [0.25, 0.3) is 10.9 Å². The van der Waals surface area contributed by atoms with Crippen LogP contribution in [0.2, 0.25) is 0 Å². The van der Waals surface area contributed by atoms with E-state index in [1.807, 2.05) is 48.5 Å². The summed E-state index contributed by atoms with van der Waals surface area (Å²) in [6.45, 7) is 0.736. The lowest BCUT2D eigenvalue weighted by Crippen LogP contribution is -2.00. The highest BCUT2D eigenvalue weighted by atomic mass is 16.3. The lowest BCUT2D eigenvalue weighted by molar-refractivity contribution is 0.282. The number of hydrogen-bond donors (Lipinski definition) is 1. The second-order valence-corrected chi connectivity index (χ2v) is 4.38. The van der Waals surface area contributed by atoms with Gasteiger partial charge in [0.2, 0.25) is 0 Å². The molecule has 0 unspecified atom stereocenters. The van der Waals surface area contributed by atoms with Crippen LogP contribution >= 0.6 is 0 Å². The normalized spacial score (nSPS) is 11.2. The van der Waals surface area contributed by atoms with Gasteiger partial charge in [0.1, 0.15) is 0 Å². The fourth-order valence-electron chi connectivity index (χ4n) is 2.07. The van der Waals surface area contributed by atoms with Crippen LogP contribution in [0.1, 0.15) is 11.1 Å². The molecule has 0 fully saturated rings. The number of nitrogens with zero attached hydrogens (tertiary/aromatic N) is 4. The summed E-state index contributed by atoms with van der Waals surface area (Å²) in [6.07, 6.45) is 5.65. The third-order valence-electron chi connectivity index (χ3n) is 2.98. The zero-order chi connectivity index (χ0) is 12.5. The van der Waals surface area contributed by atoms with E-state index < -0.39 is 0 Å². The Hall–Kier alpha value is -2.14. The maximum atomic E-state index is 9.18. The van der Waals surface area contributed by atoms with Gasteiger partial charge in [0.25, 0.3) is 0 Å². The molecule has 3 aromatic rings. The monoisotopic (exact) mass is 242 g/mol. The molecule has 0 saturated carbocycles. The number of aromatic nitrogens is 4. The maximum absolute atomic E-state index is 9.18. The SMILES string of the molecule is Cn1cc(Cn2ncc3ccc(CO)cc32)cn1. The van der Waals surface area contributed by atoms with Crippen molar-refractivity contribution in [2.45, 2.75) is 13.2 Å². The van der Waals surface area contributed by atoms with Crippen LogP contribution in [0.15, 0.2) is 36.8 Å². The van der Waals surface area contributed by atoms with Crippen molar-refractivity contribution in [2.24, 2.45) is 7.05 Å². The van der Waals surface area contributed by atoms with E-state index in [-0.39, 0.29) is 6.61 Å². The highest BCUT2D eigenvalue weighted by Gasteiger charge is 2.05.